The van der Waals surface area contributed by atoms with Crippen molar-refractivity contribution >= 4 is 17.9 Å². The van der Waals surface area contributed by atoms with Crippen molar-refractivity contribution < 1.29 is 43.2 Å². The lowest BCUT2D eigenvalue weighted by Crippen LogP contribution is -2.45. The van der Waals surface area contributed by atoms with Gasteiger partial charge in [0.05, 0.1) is 23.9 Å². The Kier molecular flexibility index (Phi) is 7.88. The van der Waals surface area contributed by atoms with Gasteiger partial charge in [0.15, 0.2) is 12.2 Å². The van der Waals surface area contributed by atoms with E-state index in [1.165, 1.54) is 27.0 Å². The van der Waals surface area contributed by atoms with Crippen LogP contribution in [0.3, 0.4) is 0 Å². The van der Waals surface area contributed by atoms with Gasteiger partial charge < -0.3 is 28.8 Å². The van der Waals surface area contributed by atoms with Crippen LogP contribution in [0, 0.1) is 11.8 Å². The highest BCUT2D eigenvalue weighted by molar-refractivity contribution is 5.68. The normalized spacial score (nSPS) is 34.6. The summed E-state index contributed by atoms with van der Waals surface area (Å²) < 4.78 is 28.3. The summed E-state index contributed by atoms with van der Waals surface area (Å²) in [5.41, 5.74) is 0.710. The highest BCUT2D eigenvalue weighted by Crippen LogP contribution is 2.51. The molecule has 1 aliphatic carbocycles. The van der Waals surface area contributed by atoms with Crippen LogP contribution in [-0.4, -0.2) is 59.3 Å². The number of epoxide rings is 1. The van der Waals surface area contributed by atoms with Gasteiger partial charge in [0.1, 0.15) is 6.10 Å². The summed E-state index contributed by atoms with van der Waals surface area (Å²) in [5, 5.41) is 10.7. The van der Waals surface area contributed by atoms with Crippen molar-refractivity contribution in [2.24, 2.45) is 11.8 Å². The SMILES string of the molecule is C=C1C[C@@H](O)[C@H]2O[C@@]2(C)CC[C@@H]2C([C@@H](OC(C)=O)[C@H](/C=C/C)OC(C)=O)=CO[C@H](OC(C)=O)[C@@H]12. The molecule has 3 rings (SSSR count). The van der Waals surface area contributed by atoms with E-state index in [4.69, 9.17) is 23.7 Å². The van der Waals surface area contributed by atoms with Gasteiger partial charge in [0.25, 0.3) is 0 Å². The van der Waals surface area contributed by atoms with E-state index in [9.17, 15) is 19.5 Å². The van der Waals surface area contributed by atoms with Crippen LogP contribution in [-0.2, 0) is 38.1 Å². The Bertz CT molecular complexity index is 891. The topological polar surface area (TPSA) is 121 Å². The third kappa shape index (κ3) is 5.70. The van der Waals surface area contributed by atoms with Gasteiger partial charge in [-0.2, -0.15) is 0 Å². The van der Waals surface area contributed by atoms with Gasteiger partial charge >= 0.3 is 17.9 Å². The third-order valence-corrected chi connectivity index (χ3v) is 6.56. The smallest absolute Gasteiger partial charge is 0.305 e. The molecule has 3 aliphatic rings. The fraction of sp³-hybridized carbons (Fsp3) is 0.640. The quantitative estimate of drug-likeness (QED) is 0.266. The van der Waals surface area contributed by atoms with Crippen LogP contribution in [0.5, 0.6) is 0 Å². The number of hydrogen-bond acceptors (Lipinski definition) is 9. The average Bonchev–Trinajstić information content (AvgIpc) is 3.40. The summed E-state index contributed by atoms with van der Waals surface area (Å²) in [4.78, 5) is 35.7. The monoisotopic (exact) mass is 478 g/mol. The average molecular weight is 479 g/mol. The first-order valence-corrected chi connectivity index (χ1v) is 11.5. The molecule has 0 aromatic heterocycles. The molecule has 1 saturated carbocycles. The van der Waals surface area contributed by atoms with Crippen molar-refractivity contribution in [2.45, 2.75) is 90.2 Å². The minimum Gasteiger partial charge on any atom is -0.462 e. The van der Waals surface area contributed by atoms with E-state index in [2.05, 4.69) is 6.58 Å². The van der Waals surface area contributed by atoms with E-state index in [1.54, 1.807) is 19.1 Å². The number of fused-ring (bicyclic) bond motifs is 2. The molecule has 9 heteroatoms. The first kappa shape index (κ1) is 26.0. The zero-order valence-corrected chi connectivity index (χ0v) is 20.3. The maximum atomic E-state index is 12.1. The fourth-order valence-electron chi connectivity index (χ4n) is 5.06. The van der Waals surface area contributed by atoms with E-state index in [0.717, 1.165) is 0 Å². The van der Waals surface area contributed by atoms with Gasteiger partial charge in [-0.1, -0.05) is 18.2 Å². The maximum Gasteiger partial charge on any atom is 0.305 e. The summed E-state index contributed by atoms with van der Waals surface area (Å²) in [6, 6.07) is 0. The van der Waals surface area contributed by atoms with Gasteiger partial charge in [0.2, 0.25) is 6.29 Å². The first-order chi connectivity index (χ1) is 16.0. The highest BCUT2D eigenvalue weighted by Gasteiger charge is 2.58. The second-order valence-corrected chi connectivity index (χ2v) is 9.31. The summed E-state index contributed by atoms with van der Waals surface area (Å²) in [6.45, 7) is 11.7. The van der Waals surface area contributed by atoms with Crippen LogP contribution >= 0.6 is 0 Å². The third-order valence-electron chi connectivity index (χ3n) is 6.56. The van der Waals surface area contributed by atoms with Gasteiger partial charge in [-0.05, 0) is 39.2 Å². The van der Waals surface area contributed by atoms with Crippen molar-refractivity contribution in [3.05, 3.63) is 36.1 Å². The largest absolute Gasteiger partial charge is 0.462 e. The molecule has 8 atom stereocenters. The molecule has 0 unspecified atom stereocenters. The zero-order chi connectivity index (χ0) is 25.2. The summed E-state index contributed by atoms with van der Waals surface area (Å²) >= 11 is 0. The van der Waals surface area contributed by atoms with Crippen LogP contribution in [0.4, 0.5) is 0 Å². The number of hydrogen-bond donors (Lipinski definition) is 1. The lowest BCUT2D eigenvalue weighted by Gasteiger charge is -2.41. The number of allylic oxidation sites excluding steroid dienone is 1. The van der Waals surface area contributed by atoms with Crippen LogP contribution in [0.2, 0.25) is 0 Å². The fourth-order valence-corrected chi connectivity index (χ4v) is 5.06. The summed E-state index contributed by atoms with van der Waals surface area (Å²) in [7, 11) is 0. The number of carbonyl (C=O) groups is 3. The predicted molar refractivity (Wildman–Crippen MR) is 120 cm³/mol. The number of aliphatic hydroxyl groups excluding tert-OH is 1. The van der Waals surface area contributed by atoms with Crippen molar-refractivity contribution in [1.82, 2.24) is 0 Å². The second kappa shape index (κ2) is 10.3. The first-order valence-electron chi connectivity index (χ1n) is 11.5. The van der Waals surface area contributed by atoms with Crippen molar-refractivity contribution in [2.75, 3.05) is 0 Å². The van der Waals surface area contributed by atoms with E-state index in [-0.39, 0.29) is 18.4 Å². The van der Waals surface area contributed by atoms with E-state index in [0.29, 0.717) is 24.0 Å². The second-order valence-electron chi connectivity index (χ2n) is 9.31. The molecule has 2 fully saturated rings. The standard InChI is InChI=1S/C25H34O9/c1-7-8-20(31-14(3)26)22(32-15(4)27)18-12-30-24(33-16(5)28)21-13(2)11-19(29)23-25(6,34-23)10-9-17(18)21/h7-8,12,17,19-24,29H,2,9-11H2,1,3-6H3/b8-7+/t17-,19-,20+,21+,22-,23-,24-,25+/m1/s1. The summed E-state index contributed by atoms with van der Waals surface area (Å²) in [6.07, 6.45) is 2.27. The molecule has 2 heterocycles. The molecule has 34 heavy (non-hydrogen) atoms. The van der Waals surface area contributed by atoms with Gasteiger partial charge in [-0.25, -0.2) is 0 Å². The molecule has 1 saturated heterocycles. The molecule has 0 spiro atoms. The van der Waals surface area contributed by atoms with E-state index < -0.39 is 54.0 Å². The molecule has 0 aromatic carbocycles. The molecule has 2 aliphatic heterocycles. The van der Waals surface area contributed by atoms with Crippen molar-refractivity contribution in [3.8, 4) is 0 Å². The van der Waals surface area contributed by atoms with Gasteiger partial charge in [-0.3, -0.25) is 14.4 Å². The predicted octanol–water partition coefficient (Wildman–Crippen LogP) is 2.72. The van der Waals surface area contributed by atoms with Crippen molar-refractivity contribution in [3.63, 3.8) is 0 Å². The Morgan fingerprint density at radius 2 is 1.88 bits per heavy atom. The Hall–Kier alpha value is -2.65. The highest BCUT2D eigenvalue weighted by atomic mass is 16.7. The number of esters is 3. The molecule has 0 radical (unpaired) electrons. The summed E-state index contributed by atoms with van der Waals surface area (Å²) in [5.74, 6) is -2.46. The molecule has 0 bridgehead atoms. The molecular formula is C25H34O9. The Morgan fingerprint density at radius 1 is 1.21 bits per heavy atom. The lowest BCUT2D eigenvalue weighted by molar-refractivity contribution is -0.183. The number of aliphatic hydroxyl groups is 1. The van der Waals surface area contributed by atoms with Crippen LogP contribution in [0.1, 0.15) is 53.9 Å². The van der Waals surface area contributed by atoms with E-state index in [1.807, 2.05) is 6.92 Å². The Labute approximate surface area is 199 Å². The van der Waals surface area contributed by atoms with Crippen LogP contribution in [0.25, 0.3) is 0 Å². The minimum absolute atomic E-state index is 0.232. The number of rotatable bonds is 6. The molecule has 0 amide bonds. The molecule has 1 N–H and O–H groups in total. The minimum atomic E-state index is -0.967. The van der Waals surface area contributed by atoms with Crippen LogP contribution < -0.4 is 0 Å². The molecule has 0 aromatic rings. The number of carbonyl (C=O) groups excluding carboxylic acids is 3. The molecule has 188 valence electrons. The molecule has 9 nitrogen and oxygen atoms in total. The van der Waals surface area contributed by atoms with Crippen LogP contribution in [0.15, 0.2) is 36.1 Å². The lowest BCUT2D eigenvalue weighted by atomic mass is 9.73. The Balaban J connectivity index is 2.06. The van der Waals surface area contributed by atoms with Gasteiger partial charge in [0, 0.05) is 32.3 Å². The van der Waals surface area contributed by atoms with E-state index >= 15 is 0 Å². The molecular weight excluding hydrogens is 444 g/mol. The van der Waals surface area contributed by atoms with Crippen molar-refractivity contribution in [1.29, 1.82) is 0 Å². The zero-order valence-electron chi connectivity index (χ0n) is 20.3. The van der Waals surface area contributed by atoms with Gasteiger partial charge in [-0.15, -0.1) is 0 Å². The maximum absolute atomic E-state index is 12.1. The Morgan fingerprint density at radius 3 is 2.47 bits per heavy atom. The number of ether oxygens (including phenoxy) is 5.